The fourth-order valence-corrected chi connectivity index (χ4v) is 6.43. The maximum atomic E-state index is 14.2. The highest BCUT2D eigenvalue weighted by Crippen LogP contribution is 2.30. The number of carbonyl (C=O) groups is 2. The average Bonchev–Trinajstić information content (AvgIpc) is 3.38. The summed E-state index contributed by atoms with van der Waals surface area (Å²) >= 11 is 0. The van der Waals surface area contributed by atoms with Crippen LogP contribution in [0.5, 0.6) is 11.5 Å². The summed E-state index contributed by atoms with van der Waals surface area (Å²) in [5.41, 5.74) is 7.09. The van der Waals surface area contributed by atoms with Crippen molar-refractivity contribution in [2.24, 2.45) is 0 Å². The number of hydrogen-bond donors (Lipinski definition) is 1. The maximum absolute atomic E-state index is 14.2. The number of nitriles is 1. The standard InChI is InChI=1S/C35H38N8O4/c1-35(2,41-19-18-39(3)30(44)23-41)20-24(21-36)33(45)40-17-7-8-26(22-40)42-29-15-16-38-32(37)31(29)43(34(42)46)25-11-13-28(14-12-25)47-27-9-5-4-6-10-27/h4-6,9-16,20,26H,7-8,17-19,22-23H2,1-3H3,(H2,37,38)/b24-20-/t26-/m1/s1. The monoisotopic (exact) mass is 634 g/mol. The molecule has 12 heteroatoms. The van der Waals surface area contributed by atoms with Gasteiger partial charge >= 0.3 is 5.69 Å². The highest BCUT2D eigenvalue weighted by atomic mass is 16.5. The topological polar surface area (TPSA) is 143 Å². The molecule has 2 amide bonds. The van der Waals surface area contributed by atoms with Crippen molar-refractivity contribution in [1.29, 1.82) is 5.26 Å². The van der Waals surface area contributed by atoms with E-state index in [1.165, 1.54) is 0 Å². The fraction of sp³-hybridized carbons (Fsp3) is 0.343. The Hall–Kier alpha value is -5.41. The Balaban J connectivity index is 1.28. The van der Waals surface area contributed by atoms with Gasteiger partial charge in [-0.05, 0) is 75.2 Å². The van der Waals surface area contributed by atoms with Crippen molar-refractivity contribution in [3.05, 3.63) is 89.0 Å². The van der Waals surface area contributed by atoms with Crippen LogP contribution in [0.1, 0.15) is 32.7 Å². The fourth-order valence-electron chi connectivity index (χ4n) is 6.43. The van der Waals surface area contributed by atoms with Crippen LogP contribution in [0.4, 0.5) is 5.82 Å². The van der Waals surface area contributed by atoms with E-state index in [2.05, 4.69) is 11.1 Å². The number of pyridine rings is 1. The Morgan fingerprint density at radius 3 is 2.47 bits per heavy atom. The minimum absolute atomic E-state index is 0.00154. The molecule has 0 unspecified atom stereocenters. The van der Waals surface area contributed by atoms with E-state index in [0.29, 0.717) is 60.7 Å². The molecule has 6 rings (SSSR count). The van der Waals surface area contributed by atoms with Crippen LogP contribution in [-0.2, 0) is 9.59 Å². The number of nitrogens with zero attached hydrogens (tertiary/aromatic N) is 7. The summed E-state index contributed by atoms with van der Waals surface area (Å²) < 4.78 is 9.17. The smallest absolute Gasteiger partial charge is 0.334 e. The zero-order chi connectivity index (χ0) is 33.3. The Labute approximate surface area is 272 Å². The summed E-state index contributed by atoms with van der Waals surface area (Å²) in [4.78, 5) is 49.9. The van der Waals surface area contributed by atoms with E-state index in [1.807, 2.05) is 49.1 Å². The summed E-state index contributed by atoms with van der Waals surface area (Å²) in [5.74, 6) is 1.14. The predicted octanol–water partition coefficient (Wildman–Crippen LogP) is 3.73. The number of ether oxygens (including phenoxy) is 1. The normalized spacial score (nSPS) is 18.0. The molecule has 0 spiro atoms. The molecule has 47 heavy (non-hydrogen) atoms. The molecule has 2 aliphatic heterocycles. The maximum Gasteiger partial charge on any atom is 0.334 e. The number of imidazole rings is 1. The SMILES string of the molecule is CN1CCN(C(C)(C)/C=C(/C#N)C(=O)N2CCC[C@@H](n3c(=O)n(-c4ccc(Oc5ccccc5)cc4)c4c(N)nccc43)C2)CC1=O. The highest BCUT2D eigenvalue weighted by molar-refractivity contribution is 5.97. The molecule has 2 saturated heterocycles. The lowest BCUT2D eigenvalue weighted by molar-refractivity contribution is -0.136. The molecule has 4 heterocycles. The van der Waals surface area contributed by atoms with Crippen molar-refractivity contribution >= 4 is 28.7 Å². The van der Waals surface area contributed by atoms with Crippen LogP contribution in [0.25, 0.3) is 16.7 Å². The van der Waals surface area contributed by atoms with Crippen molar-refractivity contribution < 1.29 is 14.3 Å². The number of aromatic nitrogens is 3. The molecule has 0 bridgehead atoms. The molecule has 242 valence electrons. The molecule has 1 atom stereocenters. The summed E-state index contributed by atoms with van der Waals surface area (Å²) in [7, 11) is 1.77. The van der Waals surface area contributed by atoms with Gasteiger partial charge in [-0.3, -0.25) is 23.6 Å². The Morgan fingerprint density at radius 1 is 1.04 bits per heavy atom. The molecular weight excluding hydrogens is 596 g/mol. The summed E-state index contributed by atoms with van der Waals surface area (Å²) in [6.07, 6.45) is 4.54. The number of benzene rings is 2. The van der Waals surface area contributed by atoms with Crippen molar-refractivity contribution in [2.45, 2.75) is 38.3 Å². The molecule has 0 aliphatic carbocycles. The molecule has 2 fully saturated rings. The molecule has 2 aliphatic rings. The highest BCUT2D eigenvalue weighted by Gasteiger charge is 2.35. The van der Waals surface area contributed by atoms with Crippen LogP contribution < -0.4 is 16.2 Å². The van der Waals surface area contributed by atoms with Gasteiger partial charge < -0.3 is 20.3 Å². The quantitative estimate of drug-likeness (QED) is 0.239. The number of amides is 2. The van der Waals surface area contributed by atoms with Gasteiger partial charge in [-0.15, -0.1) is 0 Å². The van der Waals surface area contributed by atoms with Gasteiger partial charge in [0.2, 0.25) is 5.91 Å². The number of likely N-dealkylation sites (tertiary alicyclic amines) is 1. The van der Waals surface area contributed by atoms with Crippen LogP contribution in [0, 0.1) is 11.3 Å². The third-order valence-corrected chi connectivity index (χ3v) is 9.06. The van der Waals surface area contributed by atoms with E-state index in [-0.39, 0.29) is 42.1 Å². The van der Waals surface area contributed by atoms with Crippen LogP contribution >= 0.6 is 0 Å². The summed E-state index contributed by atoms with van der Waals surface area (Å²) in [6.45, 7) is 5.95. The number of piperidine rings is 1. The second-order valence-corrected chi connectivity index (χ2v) is 12.6. The van der Waals surface area contributed by atoms with Crippen molar-refractivity contribution in [2.75, 3.05) is 45.5 Å². The first-order chi connectivity index (χ1) is 22.6. The zero-order valence-corrected chi connectivity index (χ0v) is 26.8. The van der Waals surface area contributed by atoms with Crippen LogP contribution in [0.3, 0.4) is 0 Å². The second kappa shape index (κ2) is 12.8. The number of para-hydroxylation sites is 1. The lowest BCUT2D eigenvalue weighted by atomic mass is 9.96. The number of likely N-dealkylation sites (N-methyl/N-ethyl adjacent to an activating group) is 1. The van der Waals surface area contributed by atoms with Gasteiger partial charge in [-0.2, -0.15) is 5.26 Å². The van der Waals surface area contributed by atoms with Gasteiger partial charge in [0.25, 0.3) is 5.91 Å². The van der Waals surface area contributed by atoms with Gasteiger partial charge in [0.15, 0.2) is 0 Å². The Bertz CT molecular complexity index is 1940. The van der Waals surface area contributed by atoms with E-state index < -0.39 is 11.4 Å². The number of fused-ring (bicyclic) bond motifs is 1. The third kappa shape index (κ3) is 6.22. The number of hydrogen-bond acceptors (Lipinski definition) is 8. The van der Waals surface area contributed by atoms with E-state index in [9.17, 15) is 19.6 Å². The minimum atomic E-state index is -0.691. The van der Waals surface area contributed by atoms with Crippen molar-refractivity contribution in [3.8, 4) is 23.3 Å². The van der Waals surface area contributed by atoms with E-state index in [0.717, 1.165) is 0 Å². The molecule has 4 aromatic rings. The van der Waals surface area contributed by atoms with Crippen molar-refractivity contribution in [1.82, 2.24) is 28.8 Å². The van der Waals surface area contributed by atoms with E-state index in [1.54, 1.807) is 68.6 Å². The van der Waals surface area contributed by atoms with Gasteiger partial charge in [0.05, 0.1) is 23.8 Å². The molecule has 0 radical (unpaired) electrons. The predicted molar refractivity (Wildman–Crippen MR) is 178 cm³/mol. The number of piperazine rings is 1. The van der Waals surface area contributed by atoms with Crippen LogP contribution in [-0.4, -0.2) is 85.9 Å². The van der Waals surface area contributed by atoms with Gasteiger partial charge in [-0.1, -0.05) is 18.2 Å². The van der Waals surface area contributed by atoms with Gasteiger partial charge in [0, 0.05) is 45.0 Å². The van der Waals surface area contributed by atoms with Gasteiger partial charge in [-0.25, -0.2) is 9.78 Å². The lowest BCUT2D eigenvalue weighted by Gasteiger charge is -2.41. The Kier molecular flexibility index (Phi) is 8.58. The van der Waals surface area contributed by atoms with Crippen molar-refractivity contribution in [3.63, 3.8) is 0 Å². The Morgan fingerprint density at radius 2 is 1.77 bits per heavy atom. The number of carbonyl (C=O) groups excluding carboxylic acids is 2. The first-order valence-electron chi connectivity index (χ1n) is 15.7. The summed E-state index contributed by atoms with van der Waals surface area (Å²) in [5, 5.41) is 10.1. The number of nitrogens with two attached hydrogens (primary N) is 1. The van der Waals surface area contributed by atoms with Crippen LogP contribution in [0.2, 0.25) is 0 Å². The number of rotatable bonds is 7. The zero-order valence-electron chi connectivity index (χ0n) is 26.8. The molecular formula is C35H38N8O4. The largest absolute Gasteiger partial charge is 0.457 e. The lowest BCUT2D eigenvalue weighted by Crippen LogP contribution is -2.55. The first kappa shape index (κ1) is 31.6. The van der Waals surface area contributed by atoms with E-state index in [4.69, 9.17) is 10.5 Å². The van der Waals surface area contributed by atoms with Gasteiger partial charge in [0.1, 0.15) is 34.5 Å². The van der Waals surface area contributed by atoms with E-state index >= 15 is 0 Å². The van der Waals surface area contributed by atoms with Crippen LogP contribution in [0.15, 0.2) is 83.3 Å². The molecule has 2 N–H and O–H groups in total. The third-order valence-electron chi connectivity index (χ3n) is 9.06. The molecule has 2 aromatic heterocycles. The second-order valence-electron chi connectivity index (χ2n) is 12.6. The number of anilines is 1. The molecule has 12 nitrogen and oxygen atoms in total. The minimum Gasteiger partial charge on any atom is -0.457 e. The first-order valence-corrected chi connectivity index (χ1v) is 15.7. The number of nitrogen functional groups attached to an aromatic ring is 1. The summed E-state index contributed by atoms with van der Waals surface area (Å²) in [6, 6.07) is 20.1. The average molecular weight is 635 g/mol. The molecule has 0 saturated carbocycles. The molecule has 2 aromatic carbocycles.